The number of rotatable bonds is 3. The number of imide groups is 1. The van der Waals surface area contributed by atoms with Gasteiger partial charge in [-0.15, -0.1) is 0 Å². The molecule has 1 aromatic heterocycles. The van der Waals surface area contributed by atoms with Crippen LogP contribution in [-0.4, -0.2) is 27.5 Å². The van der Waals surface area contributed by atoms with Gasteiger partial charge >= 0.3 is 6.03 Å². The van der Waals surface area contributed by atoms with Crippen LogP contribution in [0.4, 0.5) is 4.79 Å². The summed E-state index contributed by atoms with van der Waals surface area (Å²) in [7, 11) is 0. The van der Waals surface area contributed by atoms with Crippen LogP contribution in [-0.2, 0) is 11.3 Å². The van der Waals surface area contributed by atoms with Crippen LogP contribution in [0.25, 0.3) is 10.9 Å². The summed E-state index contributed by atoms with van der Waals surface area (Å²) in [5, 5.41) is 5.63. The van der Waals surface area contributed by atoms with Crippen LogP contribution in [0.5, 0.6) is 0 Å². The summed E-state index contributed by atoms with van der Waals surface area (Å²) in [5.41, 5.74) is 1.23. The minimum Gasteiger partial charge on any atom is -0.335 e. The lowest BCUT2D eigenvalue weighted by Gasteiger charge is -2.29. The lowest BCUT2D eigenvalue weighted by atomic mass is 9.86. The molecule has 2 aromatic rings. The van der Waals surface area contributed by atoms with Crippen LogP contribution in [0.1, 0.15) is 38.2 Å². The molecule has 0 radical (unpaired) electrons. The molecule has 1 heterocycles. The lowest BCUT2D eigenvalue weighted by Crippen LogP contribution is -2.48. The summed E-state index contributed by atoms with van der Waals surface area (Å²) in [4.78, 5) is 40.9. The predicted molar refractivity (Wildman–Crippen MR) is 98.8 cm³/mol. The number of urea groups is 1. The first-order valence-electron chi connectivity index (χ1n) is 9.00. The van der Waals surface area contributed by atoms with E-state index >= 15 is 0 Å². The highest BCUT2D eigenvalue weighted by atomic mass is 16.2. The number of benzene rings is 1. The van der Waals surface area contributed by atoms with Crippen LogP contribution in [0.3, 0.4) is 0 Å². The number of carbonyl (C=O) groups is 2. The second kappa shape index (κ2) is 7.68. The van der Waals surface area contributed by atoms with Gasteiger partial charge < -0.3 is 5.32 Å². The minimum atomic E-state index is -0.540. The second-order valence-corrected chi connectivity index (χ2v) is 7.09. The number of hydrogen-bond acceptors (Lipinski definition) is 4. The standard InChI is InChI=1S/C19H24N4O3/c1-12-7-8-16-14(9-12)18(25)23(11-20-16)10-17(24)22-19(26)21-15-6-4-3-5-13(15)2/h7-9,11,13,15H,3-6,10H2,1-2H3,(H2,21,22,24,26)/t13-,15-/m0/s1. The average molecular weight is 356 g/mol. The van der Waals surface area contributed by atoms with Crippen molar-refractivity contribution in [2.45, 2.75) is 52.1 Å². The van der Waals surface area contributed by atoms with Crippen LogP contribution in [0.15, 0.2) is 29.3 Å². The van der Waals surface area contributed by atoms with E-state index in [1.165, 1.54) is 17.3 Å². The molecule has 138 valence electrons. The summed E-state index contributed by atoms with van der Waals surface area (Å²) in [6, 6.07) is 4.98. The fourth-order valence-corrected chi connectivity index (χ4v) is 3.44. The maximum atomic E-state index is 12.5. The van der Waals surface area contributed by atoms with Crippen molar-refractivity contribution >= 4 is 22.8 Å². The third kappa shape index (κ3) is 4.09. The molecule has 2 N–H and O–H groups in total. The fraction of sp³-hybridized carbons (Fsp3) is 0.474. The van der Waals surface area contributed by atoms with Crippen LogP contribution >= 0.6 is 0 Å². The Morgan fingerprint density at radius 3 is 2.81 bits per heavy atom. The molecule has 1 aliphatic rings. The van der Waals surface area contributed by atoms with Crippen LogP contribution in [0, 0.1) is 12.8 Å². The number of aryl methyl sites for hydroxylation is 1. The molecular formula is C19H24N4O3. The summed E-state index contributed by atoms with van der Waals surface area (Å²) in [6.07, 6.45) is 5.60. The maximum Gasteiger partial charge on any atom is 0.321 e. The van der Waals surface area contributed by atoms with Gasteiger partial charge in [0.15, 0.2) is 0 Å². The van der Waals surface area contributed by atoms with E-state index in [9.17, 15) is 14.4 Å². The van der Waals surface area contributed by atoms with E-state index in [1.54, 1.807) is 12.1 Å². The molecule has 2 atom stereocenters. The van der Waals surface area contributed by atoms with Crippen molar-refractivity contribution in [2.75, 3.05) is 0 Å². The van der Waals surface area contributed by atoms with Gasteiger partial charge in [0, 0.05) is 6.04 Å². The van der Waals surface area contributed by atoms with Crippen molar-refractivity contribution in [1.29, 1.82) is 0 Å². The van der Waals surface area contributed by atoms with Gasteiger partial charge in [0.1, 0.15) is 6.54 Å². The summed E-state index contributed by atoms with van der Waals surface area (Å²) in [5.74, 6) is -0.137. The number of fused-ring (bicyclic) bond motifs is 1. The Morgan fingerprint density at radius 1 is 1.27 bits per heavy atom. The molecule has 0 aliphatic heterocycles. The molecule has 0 unspecified atom stereocenters. The quantitative estimate of drug-likeness (QED) is 0.881. The van der Waals surface area contributed by atoms with E-state index in [0.717, 1.165) is 24.8 Å². The Morgan fingerprint density at radius 2 is 2.04 bits per heavy atom. The Labute approximate surface area is 151 Å². The molecule has 0 bridgehead atoms. The van der Waals surface area contributed by atoms with E-state index in [2.05, 4.69) is 22.5 Å². The molecule has 7 heteroatoms. The summed E-state index contributed by atoms with van der Waals surface area (Å²) < 4.78 is 1.22. The number of nitrogens with zero attached hydrogens (tertiary/aromatic N) is 2. The first-order chi connectivity index (χ1) is 12.4. The highest BCUT2D eigenvalue weighted by molar-refractivity contribution is 5.94. The van der Waals surface area contributed by atoms with Gasteiger partial charge in [-0.25, -0.2) is 9.78 Å². The van der Waals surface area contributed by atoms with E-state index in [-0.39, 0.29) is 18.1 Å². The number of nitrogens with one attached hydrogen (secondary N) is 2. The van der Waals surface area contributed by atoms with Gasteiger partial charge in [0.05, 0.1) is 17.2 Å². The van der Waals surface area contributed by atoms with Gasteiger partial charge in [0.2, 0.25) is 5.91 Å². The third-order valence-corrected chi connectivity index (χ3v) is 4.97. The van der Waals surface area contributed by atoms with Gasteiger partial charge in [-0.3, -0.25) is 19.5 Å². The van der Waals surface area contributed by atoms with Gasteiger partial charge in [-0.05, 0) is 37.8 Å². The maximum absolute atomic E-state index is 12.5. The predicted octanol–water partition coefficient (Wildman–Crippen LogP) is 2.11. The van der Waals surface area contributed by atoms with Crippen molar-refractivity contribution in [3.8, 4) is 0 Å². The average Bonchev–Trinajstić information content (AvgIpc) is 2.60. The van der Waals surface area contributed by atoms with E-state index < -0.39 is 11.9 Å². The largest absolute Gasteiger partial charge is 0.335 e. The van der Waals surface area contributed by atoms with Crippen molar-refractivity contribution in [3.63, 3.8) is 0 Å². The minimum absolute atomic E-state index is 0.0876. The molecule has 26 heavy (non-hydrogen) atoms. The first kappa shape index (κ1) is 18.1. The van der Waals surface area contributed by atoms with E-state index in [1.807, 2.05) is 13.0 Å². The van der Waals surface area contributed by atoms with Gasteiger partial charge in [-0.2, -0.15) is 0 Å². The van der Waals surface area contributed by atoms with E-state index in [4.69, 9.17) is 0 Å². The SMILES string of the molecule is Cc1ccc2ncn(CC(=O)NC(=O)N[C@H]3CCCC[C@@H]3C)c(=O)c2c1. The van der Waals surface area contributed by atoms with Crippen LogP contribution in [0.2, 0.25) is 0 Å². The fourth-order valence-electron chi connectivity index (χ4n) is 3.44. The zero-order valence-corrected chi connectivity index (χ0v) is 15.1. The molecule has 0 saturated heterocycles. The Bertz CT molecular complexity index is 890. The topological polar surface area (TPSA) is 93.1 Å². The monoisotopic (exact) mass is 356 g/mol. The molecule has 3 amide bonds. The summed E-state index contributed by atoms with van der Waals surface area (Å²) >= 11 is 0. The number of amides is 3. The van der Waals surface area contributed by atoms with Crippen molar-refractivity contribution in [1.82, 2.24) is 20.2 Å². The third-order valence-electron chi connectivity index (χ3n) is 4.97. The summed E-state index contributed by atoms with van der Waals surface area (Å²) in [6.45, 7) is 3.75. The number of hydrogen-bond donors (Lipinski definition) is 2. The molecule has 1 aliphatic carbocycles. The molecule has 1 fully saturated rings. The smallest absolute Gasteiger partial charge is 0.321 e. The molecule has 3 rings (SSSR count). The van der Waals surface area contributed by atoms with Crippen molar-refractivity contribution in [3.05, 3.63) is 40.4 Å². The van der Waals surface area contributed by atoms with Crippen LogP contribution < -0.4 is 16.2 Å². The second-order valence-electron chi connectivity index (χ2n) is 7.09. The molecule has 1 aromatic carbocycles. The lowest BCUT2D eigenvalue weighted by molar-refractivity contribution is -0.120. The highest BCUT2D eigenvalue weighted by Gasteiger charge is 2.23. The molecule has 7 nitrogen and oxygen atoms in total. The normalized spacial score (nSPS) is 19.9. The number of aromatic nitrogens is 2. The zero-order valence-electron chi connectivity index (χ0n) is 15.1. The zero-order chi connectivity index (χ0) is 18.7. The van der Waals surface area contributed by atoms with E-state index in [0.29, 0.717) is 16.8 Å². The Balaban J connectivity index is 1.64. The molecule has 0 spiro atoms. The van der Waals surface area contributed by atoms with Gasteiger partial charge in [-0.1, -0.05) is 31.4 Å². The Hall–Kier alpha value is -2.70. The highest BCUT2D eigenvalue weighted by Crippen LogP contribution is 2.23. The molecular weight excluding hydrogens is 332 g/mol. The first-order valence-corrected chi connectivity index (χ1v) is 9.00. The van der Waals surface area contributed by atoms with Crippen molar-refractivity contribution < 1.29 is 9.59 Å². The molecule has 1 saturated carbocycles. The Kier molecular flexibility index (Phi) is 5.35. The van der Waals surface area contributed by atoms with Gasteiger partial charge in [0.25, 0.3) is 5.56 Å². The number of carbonyl (C=O) groups excluding carboxylic acids is 2. The van der Waals surface area contributed by atoms with Crippen molar-refractivity contribution in [2.24, 2.45) is 5.92 Å².